The van der Waals surface area contributed by atoms with Crippen molar-refractivity contribution in [2.24, 2.45) is 5.73 Å². The van der Waals surface area contributed by atoms with Crippen molar-refractivity contribution in [2.75, 3.05) is 4.90 Å². The van der Waals surface area contributed by atoms with Crippen molar-refractivity contribution in [1.29, 1.82) is 0 Å². The van der Waals surface area contributed by atoms with E-state index in [1.54, 1.807) is 12.4 Å². The summed E-state index contributed by atoms with van der Waals surface area (Å²) < 4.78 is 0. The van der Waals surface area contributed by atoms with Crippen LogP contribution in [-0.2, 0) is 17.8 Å². The Bertz CT molecular complexity index is 1210. The van der Waals surface area contributed by atoms with Crippen LogP contribution < -0.4 is 10.6 Å². The molecule has 142 valence electrons. The summed E-state index contributed by atoms with van der Waals surface area (Å²) in [6.07, 6.45) is 4.02. The molecular weight excluding hydrogens is 362 g/mol. The summed E-state index contributed by atoms with van der Waals surface area (Å²) in [6, 6.07) is 19.3. The first kappa shape index (κ1) is 17.3. The van der Waals surface area contributed by atoms with Gasteiger partial charge in [0.15, 0.2) is 5.82 Å². The molecule has 0 saturated carbocycles. The Morgan fingerprint density at radius 3 is 2.55 bits per heavy atom. The van der Waals surface area contributed by atoms with Crippen molar-refractivity contribution in [1.82, 2.24) is 15.0 Å². The monoisotopic (exact) mass is 381 g/mol. The van der Waals surface area contributed by atoms with E-state index in [-0.39, 0.29) is 5.91 Å². The van der Waals surface area contributed by atoms with Gasteiger partial charge in [-0.25, -0.2) is 9.97 Å². The molecule has 0 fully saturated rings. The number of benzene rings is 2. The summed E-state index contributed by atoms with van der Waals surface area (Å²) in [4.78, 5) is 28.2. The third-order valence-corrected chi connectivity index (χ3v) is 5.35. The predicted molar refractivity (Wildman–Crippen MR) is 112 cm³/mol. The van der Waals surface area contributed by atoms with E-state index in [1.165, 1.54) is 5.56 Å². The number of hydrogen-bond acceptors (Lipinski definition) is 5. The molecule has 2 N–H and O–H groups in total. The lowest BCUT2D eigenvalue weighted by molar-refractivity contribution is -0.119. The highest BCUT2D eigenvalue weighted by Crippen LogP contribution is 2.33. The first-order valence-electron chi connectivity index (χ1n) is 9.50. The van der Waals surface area contributed by atoms with Crippen LogP contribution in [0.3, 0.4) is 0 Å². The van der Waals surface area contributed by atoms with Crippen LogP contribution in [0.25, 0.3) is 22.3 Å². The maximum atomic E-state index is 12.4. The largest absolute Gasteiger partial charge is 0.368 e. The number of carbonyl (C=O) groups is 1. The van der Waals surface area contributed by atoms with Crippen molar-refractivity contribution in [3.05, 3.63) is 84.2 Å². The van der Waals surface area contributed by atoms with Crippen molar-refractivity contribution in [3.8, 4) is 11.4 Å². The highest BCUT2D eigenvalue weighted by Gasteiger charge is 2.32. The third-order valence-electron chi connectivity index (χ3n) is 5.35. The number of anilines is 1. The van der Waals surface area contributed by atoms with E-state index in [0.717, 1.165) is 22.0 Å². The van der Waals surface area contributed by atoms with Gasteiger partial charge in [-0.1, -0.05) is 36.4 Å². The summed E-state index contributed by atoms with van der Waals surface area (Å²) in [5.74, 6) is 0.937. The van der Waals surface area contributed by atoms with Gasteiger partial charge in [-0.3, -0.25) is 9.78 Å². The van der Waals surface area contributed by atoms with Crippen LogP contribution in [0.5, 0.6) is 0 Å². The summed E-state index contributed by atoms with van der Waals surface area (Å²) in [5, 5.41) is 0.894. The maximum absolute atomic E-state index is 12.4. The zero-order valence-electron chi connectivity index (χ0n) is 15.7. The number of aromatic nitrogens is 3. The molecule has 4 aromatic rings. The molecule has 6 heteroatoms. The number of rotatable bonds is 3. The number of nitrogens with two attached hydrogens (primary N) is 1. The molecule has 1 aliphatic heterocycles. The van der Waals surface area contributed by atoms with Gasteiger partial charge in [-0.2, -0.15) is 0 Å². The number of para-hydroxylation sites is 1. The molecule has 6 nitrogen and oxygen atoms in total. The van der Waals surface area contributed by atoms with Gasteiger partial charge in [-0.05, 0) is 35.4 Å². The molecule has 0 aliphatic carbocycles. The maximum Gasteiger partial charge on any atom is 0.240 e. The van der Waals surface area contributed by atoms with E-state index in [9.17, 15) is 4.79 Å². The van der Waals surface area contributed by atoms with E-state index in [1.807, 2.05) is 53.4 Å². The van der Waals surface area contributed by atoms with Gasteiger partial charge in [0.2, 0.25) is 5.91 Å². The van der Waals surface area contributed by atoms with Crippen LogP contribution >= 0.6 is 0 Å². The number of fused-ring (bicyclic) bond motifs is 2. The number of primary amides is 1. The minimum atomic E-state index is -0.468. The number of nitrogens with zero attached hydrogens (tertiary/aromatic N) is 4. The smallest absolute Gasteiger partial charge is 0.240 e. The molecular formula is C23H19N5O. The second kappa shape index (κ2) is 6.98. The molecule has 2 aromatic carbocycles. The van der Waals surface area contributed by atoms with Gasteiger partial charge >= 0.3 is 0 Å². The van der Waals surface area contributed by atoms with Gasteiger partial charge in [0.1, 0.15) is 11.9 Å². The van der Waals surface area contributed by atoms with Crippen molar-refractivity contribution >= 4 is 22.6 Å². The fraction of sp³-hybridized carbons (Fsp3) is 0.130. The van der Waals surface area contributed by atoms with Gasteiger partial charge in [0, 0.05) is 36.3 Å². The number of amides is 1. The summed E-state index contributed by atoms with van der Waals surface area (Å²) in [6.45, 7) is 0.567. The summed E-state index contributed by atoms with van der Waals surface area (Å²) >= 11 is 0. The highest BCUT2D eigenvalue weighted by atomic mass is 16.1. The quantitative estimate of drug-likeness (QED) is 0.589. The molecule has 0 radical (unpaired) electrons. The van der Waals surface area contributed by atoms with Crippen molar-refractivity contribution in [3.63, 3.8) is 0 Å². The second-order valence-electron chi connectivity index (χ2n) is 7.15. The van der Waals surface area contributed by atoms with Crippen LogP contribution in [-0.4, -0.2) is 26.9 Å². The van der Waals surface area contributed by atoms with Gasteiger partial charge < -0.3 is 10.6 Å². The zero-order valence-corrected chi connectivity index (χ0v) is 15.7. The SMILES string of the molecule is NC(=O)[C@@H]1Cc2ccccc2CN1c1nc(-c2cccnc2)nc2ccccc12. The Balaban J connectivity index is 1.71. The van der Waals surface area contributed by atoms with Crippen LogP contribution in [0.1, 0.15) is 11.1 Å². The average molecular weight is 381 g/mol. The lowest BCUT2D eigenvalue weighted by Crippen LogP contribution is -2.49. The summed E-state index contributed by atoms with van der Waals surface area (Å²) in [7, 11) is 0. The fourth-order valence-corrected chi connectivity index (χ4v) is 3.90. The average Bonchev–Trinajstić information content (AvgIpc) is 2.78. The molecule has 3 heterocycles. The van der Waals surface area contributed by atoms with E-state index in [2.05, 4.69) is 17.1 Å². The topological polar surface area (TPSA) is 85.0 Å². The normalized spacial score (nSPS) is 15.9. The Kier molecular flexibility index (Phi) is 4.17. The third kappa shape index (κ3) is 3.08. The Morgan fingerprint density at radius 2 is 1.76 bits per heavy atom. The fourth-order valence-electron chi connectivity index (χ4n) is 3.90. The van der Waals surface area contributed by atoms with Crippen LogP contribution in [0.15, 0.2) is 73.1 Å². The lowest BCUT2D eigenvalue weighted by Gasteiger charge is -2.36. The number of pyridine rings is 1. The molecule has 1 aliphatic rings. The second-order valence-corrected chi connectivity index (χ2v) is 7.15. The first-order chi connectivity index (χ1) is 14.2. The predicted octanol–water partition coefficient (Wildman–Crippen LogP) is 3.11. The van der Waals surface area contributed by atoms with E-state index in [4.69, 9.17) is 15.7 Å². The lowest BCUT2D eigenvalue weighted by atomic mass is 9.93. The minimum absolute atomic E-state index is 0.356. The van der Waals surface area contributed by atoms with E-state index in [0.29, 0.717) is 24.6 Å². The minimum Gasteiger partial charge on any atom is -0.368 e. The van der Waals surface area contributed by atoms with Crippen molar-refractivity contribution < 1.29 is 4.79 Å². The Morgan fingerprint density at radius 1 is 0.966 bits per heavy atom. The highest BCUT2D eigenvalue weighted by molar-refractivity contribution is 5.94. The molecule has 29 heavy (non-hydrogen) atoms. The number of hydrogen-bond donors (Lipinski definition) is 1. The van der Waals surface area contributed by atoms with Crippen molar-refractivity contribution in [2.45, 2.75) is 19.0 Å². The molecule has 0 saturated heterocycles. The molecule has 1 atom stereocenters. The molecule has 0 unspecified atom stereocenters. The van der Waals surface area contributed by atoms with Crippen LogP contribution in [0.2, 0.25) is 0 Å². The van der Waals surface area contributed by atoms with Gasteiger partial charge in [0.25, 0.3) is 0 Å². The Hall–Kier alpha value is -3.80. The van der Waals surface area contributed by atoms with Crippen LogP contribution in [0.4, 0.5) is 5.82 Å². The van der Waals surface area contributed by atoms with E-state index >= 15 is 0 Å². The first-order valence-corrected chi connectivity index (χ1v) is 9.50. The summed E-state index contributed by atoms with van der Waals surface area (Å²) in [5.41, 5.74) is 9.78. The molecule has 0 bridgehead atoms. The van der Waals surface area contributed by atoms with Crippen LogP contribution in [0, 0.1) is 0 Å². The molecule has 1 amide bonds. The molecule has 2 aromatic heterocycles. The Labute approximate surface area is 168 Å². The van der Waals surface area contributed by atoms with E-state index < -0.39 is 6.04 Å². The van der Waals surface area contributed by atoms with Gasteiger partial charge in [-0.15, -0.1) is 0 Å². The number of carbonyl (C=O) groups excluding carboxylic acids is 1. The molecule has 0 spiro atoms. The zero-order chi connectivity index (χ0) is 19.8. The molecule has 5 rings (SSSR count). The standard InChI is InChI=1S/C23H19N5O/c24-21(29)20-12-15-6-1-2-7-17(15)14-28(20)23-18-9-3-4-10-19(18)26-22(27-23)16-8-5-11-25-13-16/h1-11,13,20H,12,14H2,(H2,24,29)/t20-/m0/s1. The van der Waals surface area contributed by atoms with Gasteiger partial charge in [0.05, 0.1) is 5.52 Å².